The highest BCUT2D eigenvalue weighted by molar-refractivity contribution is 5.30. The molecule has 0 amide bonds. The minimum Gasteiger partial charge on any atom is -0.271 e. The molecule has 1 saturated carbocycles. The molecule has 2 heteroatoms. The lowest BCUT2D eigenvalue weighted by Crippen LogP contribution is -2.36. The quantitative estimate of drug-likeness (QED) is 0.621. The van der Waals surface area contributed by atoms with Crippen molar-refractivity contribution in [2.75, 3.05) is 0 Å². The van der Waals surface area contributed by atoms with E-state index in [1.54, 1.807) is 0 Å². The Morgan fingerprint density at radius 3 is 2.42 bits per heavy atom. The van der Waals surface area contributed by atoms with E-state index in [1.165, 1.54) is 43.2 Å². The fraction of sp³-hybridized carbons (Fsp3) is 0.647. The lowest BCUT2D eigenvalue weighted by Gasteiger charge is -2.34. The van der Waals surface area contributed by atoms with Crippen LogP contribution in [0, 0.1) is 11.8 Å². The predicted molar refractivity (Wildman–Crippen MR) is 81.6 cm³/mol. The summed E-state index contributed by atoms with van der Waals surface area (Å²) in [5, 5.41) is 0. The normalized spacial score (nSPS) is 25.2. The van der Waals surface area contributed by atoms with Crippen LogP contribution >= 0.6 is 0 Å². The number of benzene rings is 1. The molecule has 1 aliphatic rings. The van der Waals surface area contributed by atoms with Gasteiger partial charge in [-0.3, -0.25) is 11.3 Å². The van der Waals surface area contributed by atoms with E-state index >= 15 is 0 Å². The standard InChI is InChI=1S/C17H28N2/c1-3-13-9-11-15(12-10-13)17(19-18)16-8-6-5-7-14(16)4-2/h5-8,13,15,17,19H,3-4,9-12,18H2,1-2H3. The minimum atomic E-state index is 0.328. The molecule has 0 heterocycles. The Balaban J connectivity index is 2.12. The van der Waals surface area contributed by atoms with E-state index in [0.717, 1.165) is 12.3 Å². The first-order chi connectivity index (χ1) is 9.30. The molecule has 106 valence electrons. The van der Waals surface area contributed by atoms with Gasteiger partial charge in [0.05, 0.1) is 0 Å². The third-order valence-corrected chi connectivity index (χ3v) is 4.89. The molecule has 3 N–H and O–H groups in total. The van der Waals surface area contributed by atoms with Crippen LogP contribution in [-0.4, -0.2) is 0 Å². The Hall–Kier alpha value is -0.860. The van der Waals surface area contributed by atoms with Gasteiger partial charge in [-0.15, -0.1) is 0 Å². The maximum atomic E-state index is 5.88. The summed E-state index contributed by atoms with van der Waals surface area (Å²) in [5.41, 5.74) is 5.94. The minimum absolute atomic E-state index is 0.328. The Morgan fingerprint density at radius 2 is 1.84 bits per heavy atom. The van der Waals surface area contributed by atoms with Crippen molar-refractivity contribution >= 4 is 0 Å². The monoisotopic (exact) mass is 260 g/mol. The van der Waals surface area contributed by atoms with Crippen LogP contribution in [0.5, 0.6) is 0 Å². The number of rotatable bonds is 5. The van der Waals surface area contributed by atoms with Crippen molar-refractivity contribution in [3.05, 3.63) is 35.4 Å². The third kappa shape index (κ3) is 3.37. The Labute approximate surface area is 117 Å². The SMILES string of the molecule is CCc1ccccc1C(NN)C1CCC(CC)CC1. The highest BCUT2D eigenvalue weighted by Crippen LogP contribution is 2.38. The van der Waals surface area contributed by atoms with Gasteiger partial charge in [-0.1, -0.05) is 57.4 Å². The molecule has 2 nitrogen and oxygen atoms in total. The summed E-state index contributed by atoms with van der Waals surface area (Å²) in [5.74, 6) is 7.51. The fourth-order valence-corrected chi connectivity index (χ4v) is 3.57. The summed E-state index contributed by atoms with van der Waals surface area (Å²) < 4.78 is 0. The van der Waals surface area contributed by atoms with Crippen LogP contribution in [0.15, 0.2) is 24.3 Å². The first kappa shape index (κ1) is 14.5. The molecule has 1 aromatic rings. The van der Waals surface area contributed by atoms with Gasteiger partial charge < -0.3 is 0 Å². The molecule has 0 radical (unpaired) electrons. The summed E-state index contributed by atoms with van der Waals surface area (Å²) in [6, 6.07) is 9.07. The first-order valence-corrected chi connectivity index (χ1v) is 7.84. The Kier molecular flexibility index (Phi) is 5.41. The van der Waals surface area contributed by atoms with E-state index in [0.29, 0.717) is 12.0 Å². The number of nitrogens with two attached hydrogens (primary N) is 1. The zero-order valence-corrected chi connectivity index (χ0v) is 12.4. The van der Waals surface area contributed by atoms with Crippen LogP contribution in [0.3, 0.4) is 0 Å². The number of nitrogens with one attached hydrogen (secondary N) is 1. The van der Waals surface area contributed by atoms with Gasteiger partial charge in [-0.2, -0.15) is 0 Å². The predicted octanol–water partition coefficient (Wildman–Crippen LogP) is 3.97. The van der Waals surface area contributed by atoms with Gasteiger partial charge in [0, 0.05) is 6.04 Å². The molecule has 1 fully saturated rings. The lowest BCUT2D eigenvalue weighted by atomic mass is 9.75. The van der Waals surface area contributed by atoms with Crippen molar-refractivity contribution in [3.63, 3.8) is 0 Å². The molecule has 0 bridgehead atoms. The average Bonchev–Trinajstić information content (AvgIpc) is 2.49. The molecule has 19 heavy (non-hydrogen) atoms. The van der Waals surface area contributed by atoms with Gasteiger partial charge in [0.1, 0.15) is 0 Å². The summed E-state index contributed by atoms with van der Waals surface area (Å²) in [4.78, 5) is 0. The van der Waals surface area contributed by atoms with Crippen LogP contribution in [-0.2, 0) is 6.42 Å². The molecular weight excluding hydrogens is 232 g/mol. The van der Waals surface area contributed by atoms with Gasteiger partial charge in [-0.25, -0.2) is 0 Å². The van der Waals surface area contributed by atoms with Crippen molar-refractivity contribution in [1.29, 1.82) is 0 Å². The van der Waals surface area contributed by atoms with E-state index in [4.69, 9.17) is 5.84 Å². The van der Waals surface area contributed by atoms with Crippen LogP contribution in [0.4, 0.5) is 0 Å². The Morgan fingerprint density at radius 1 is 1.16 bits per heavy atom. The maximum absolute atomic E-state index is 5.88. The molecule has 0 aliphatic heterocycles. The van der Waals surface area contributed by atoms with E-state index in [2.05, 4.69) is 43.5 Å². The molecule has 1 unspecified atom stereocenters. The molecule has 0 saturated heterocycles. The fourth-order valence-electron chi connectivity index (χ4n) is 3.57. The van der Waals surface area contributed by atoms with Crippen LogP contribution in [0.2, 0.25) is 0 Å². The van der Waals surface area contributed by atoms with Crippen LogP contribution in [0.1, 0.15) is 63.1 Å². The van der Waals surface area contributed by atoms with Gasteiger partial charge in [-0.05, 0) is 42.2 Å². The summed E-state index contributed by atoms with van der Waals surface area (Å²) >= 11 is 0. The average molecular weight is 260 g/mol. The van der Waals surface area contributed by atoms with E-state index in [-0.39, 0.29) is 0 Å². The number of hydrogen-bond donors (Lipinski definition) is 2. The molecule has 1 atom stereocenters. The summed E-state index contributed by atoms with van der Waals surface area (Å²) in [7, 11) is 0. The molecule has 0 spiro atoms. The van der Waals surface area contributed by atoms with E-state index < -0.39 is 0 Å². The van der Waals surface area contributed by atoms with E-state index in [1.807, 2.05) is 0 Å². The van der Waals surface area contributed by atoms with Crippen molar-refractivity contribution in [1.82, 2.24) is 5.43 Å². The van der Waals surface area contributed by atoms with E-state index in [9.17, 15) is 0 Å². The molecule has 1 aliphatic carbocycles. The van der Waals surface area contributed by atoms with Gasteiger partial charge in [0.25, 0.3) is 0 Å². The third-order valence-electron chi connectivity index (χ3n) is 4.89. The molecule has 0 aromatic heterocycles. The number of hydrogen-bond acceptors (Lipinski definition) is 2. The first-order valence-electron chi connectivity index (χ1n) is 7.84. The highest BCUT2D eigenvalue weighted by Gasteiger charge is 2.28. The number of aryl methyl sites for hydroxylation is 1. The van der Waals surface area contributed by atoms with Crippen LogP contribution < -0.4 is 11.3 Å². The van der Waals surface area contributed by atoms with Gasteiger partial charge in [0.15, 0.2) is 0 Å². The molecule has 2 rings (SSSR count). The van der Waals surface area contributed by atoms with Gasteiger partial charge >= 0.3 is 0 Å². The van der Waals surface area contributed by atoms with Crippen LogP contribution in [0.25, 0.3) is 0 Å². The molecule has 1 aromatic carbocycles. The smallest absolute Gasteiger partial charge is 0.0490 e. The molecular formula is C17H28N2. The maximum Gasteiger partial charge on any atom is 0.0490 e. The van der Waals surface area contributed by atoms with Gasteiger partial charge in [0.2, 0.25) is 0 Å². The number of hydrazine groups is 1. The zero-order valence-electron chi connectivity index (χ0n) is 12.4. The van der Waals surface area contributed by atoms with Crippen molar-refractivity contribution in [2.45, 2.75) is 58.4 Å². The Bertz CT molecular complexity index is 381. The second kappa shape index (κ2) is 7.06. The second-order valence-corrected chi connectivity index (χ2v) is 5.89. The van der Waals surface area contributed by atoms with Crippen molar-refractivity contribution in [2.24, 2.45) is 17.7 Å². The topological polar surface area (TPSA) is 38.0 Å². The highest BCUT2D eigenvalue weighted by atomic mass is 15.2. The largest absolute Gasteiger partial charge is 0.271 e. The van der Waals surface area contributed by atoms with Crippen molar-refractivity contribution in [3.8, 4) is 0 Å². The lowest BCUT2D eigenvalue weighted by molar-refractivity contribution is 0.219. The zero-order chi connectivity index (χ0) is 13.7. The summed E-state index contributed by atoms with van der Waals surface area (Å²) in [6.45, 7) is 4.54. The summed E-state index contributed by atoms with van der Waals surface area (Å²) in [6.07, 6.45) is 7.77. The second-order valence-electron chi connectivity index (χ2n) is 5.89. The van der Waals surface area contributed by atoms with Crippen molar-refractivity contribution < 1.29 is 0 Å².